The first-order chi connectivity index (χ1) is 14.6. The molecule has 0 aliphatic heterocycles. The molecule has 148 valence electrons. The second-order valence-electron chi connectivity index (χ2n) is 6.52. The van der Waals surface area contributed by atoms with E-state index < -0.39 is 0 Å². The Kier molecular flexibility index (Phi) is 4.73. The summed E-state index contributed by atoms with van der Waals surface area (Å²) in [6, 6.07) is 14.6. The standard InChI is InChI=1S/C20H15AsClN7O/c21-20-27-17(16-18(28-20)25-10-24-16)23-9-14-26-13-8-4-7-12(22)15(13)19(30)29(14)11-5-2-1-3-6-11/h1-8,10H,9,21H2,(H2,23,24,25,27,28). The molecule has 0 aliphatic carbocycles. The van der Waals surface area contributed by atoms with Crippen LogP contribution in [0.5, 0.6) is 0 Å². The fraction of sp³-hybridized carbons (Fsp3) is 0.0500. The predicted molar refractivity (Wildman–Crippen MR) is 120 cm³/mol. The van der Waals surface area contributed by atoms with Gasteiger partial charge in [0.1, 0.15) is 0 Å². The van der Waals surface area contributed by atoms with Crippen LogP contribution < -0.4 is 15.5 Å². The molecule has 1 atom stereocenters. The summed E-state index contributed by atoms with van der Waals surface area (Å²) in [4.78, 5) is 34.2. The summed E-state index contributed by atoms with van der Waals surface area (Å²) in [6.07, 6.45) is 1.58. The van der Waals surface area contributed by atoms with Gasteiger partial charge >= 0.3 is 184 Å². The number of hydrogen-bond donors (Lipinski definition) is 2. The Balaban J connectivity index is 1.66. The Hall–Kier alpha value is -3.22. The van der Waals surface area contributed by atoms with Crippen molar-refractivity contribution >= 4 is 61.0 Å². The van der Waals surface area contributed by atoms with E-state index in [2.05, 4.69) is 25.3 Å². The van der Waals surface area contributed by atoms with Gasteiger partial charge in [-0.15, -0.1) is 0 Å². The number of aromatic nitrogens is 6. The minimum absolute atomic E-state index is 0.222. The second-order valence-corrected chi connectivity index (χ2v) is 8.01. The van der Waals surface area contributed by atoms with Crippen molar-refractivity contribution in [3.63, 3.8) is 0 Å². The molecule has 3 aromatic heterocycles. The molecule has 0 saturated carbocycles. The van der Waals surface area contributed by atoms with E-state index in [9.17, 15) is 4.79 Å². The van der Waals surface area contributed by atoms with Crippen molar-refractivity contribution in [3.8, 4) is 5.69 Å². The number of para-hydroxylation sites is 1. The van der Waals surface area contributed by atoms with Crippen molar-refractivity contribution in [2.45, 2.75) is 6.54 Å². The van der Waals surface area contributed by atoms with Crippen molar-refractivity contribution in [2.75, 3.05) is 5.32 Å². The van der Waals surface area contributed by atoms with Crippen LogP contribution in [0.4, 0.5) is 5.82 Å². The van der Waals surface area contributed by atoms with E-state index in [4.69, 9.17) is 16.6 Å². The predicted octanol–water partition coefficient (Wildman–Crippen LogP) is 1.58. The van der Waals surface area contributed by atoms with Crippen LogP contribution in [-0.2, 0) is 6.54 Å². The van der Waals surface area contributed by atoms with E-state index in [1.54, 1.807) is 29.1 Å². The molecule has 5 rings (SSSR count). The molecular weight excluding hydrogens is 465 g/mol. The zero-order valence-electron chi connectivity index (χ0n) is 15.5. The van der Waals surface area contributed by atoms with Crippen molar-refractivity contribution in [3.05, 3.63) is 76.1 Å². The number of rotatable bonds is 4. The zero-order valence-corrected chi connectivity index (χ0v) is 18.7. The third kappa shape index (κ3) is 3.24. The first-order valence-corrected chi connectivity index (χ1v) is 10.7. The van der Waals surface area contributed by atoms with Crippen LogP contribution in [-0.4, -0.2) is 46.3 Å². The maximum absolute atomic E-state index is 13.4. The van der Waals surface area contributed by atoms with Gasteiger partial charge in [-0.2, -0.15) is 0 Å². The normalized spacial score (nSPS) is 11.3. The molecule has 0 aliphatic rings. The number of nitrogens with zero attached hydrogens (tertiary/aromatic N) is 5. The number of halogens is 1. The Morgan fingerprint density at radius 3 is 2.73 bits per heavy atom. The fourth-order valence-corrected chi connectivity index (χ4v) is 4.13. The van der Waals surface area contributed by atoms with Gasteiger partial charge in [0.2, 0.25) is 0 Å². The van der Waals surface area contributed by atoms with Crippen molar-refractivity contribution < 1.29 is 0 Å². The van der Waals surface area contributed by atoms with E-state index in [0.29, 0.717) is 49.0 Å². The molecule has 0 fully saturated rings. The second kappa shape index (κ2) is 7.55. The van der Waals surface area contributed by atoms with Gasteiger partial charge in [-0.1, -0.05) is 0 Å². The van der Waals surface area contributed by atoms with Crippen molar-refractivity contribution in [1.82, 2.24) is 29.5 Å². The summed E-state index contributed by atoms with van der Waals surface area (Å²) < 4.78 is 2.24. The van der Waals surface area contributed by atoms with Gasteiger partial charge in [-0.3, -0.25) is 0 Å². The first kappa shape index (κ1) is 18.8. The number of aromatic amines is 1. The summed E-state index contributed by atoms with van der Waals surface area (Å²) in [5.41, 5.74) is 2.32. The molecule has 1 unspecified atom stereocenters. The van der Waals surface area contributed by atoms with Gasteiger partial charge in [0, 0.05) is 0 Å². The van der Waals surface area contributed by atoms with Gasteiger partial charge in [0.15, 0.2) is 0 Å². The third-order valence-corrected chi connectivity index (χ3v) is 5.50. The number of imidazole rings is 1. The van der Waals surface area contributed by atoms with Crippen molar-refractivity contribution in [1.29, 1.82) is 0 Å². The Morgan fingerprint density at radius 2 is 1.90 bits per heavy atom. The molecular formula is C20H15AsClN7O. The molecule has 30 heavy (non-hydrogen) atoms. The number of fused-ring (bicyclic) bond motifs is 2. The zero-order chi connectivity index (χ0) is 20.7. The van der Waals surface area contributed by atoms with E-state index in [0.717, 1.165) is 0 Å². The molecule has 0 bridgehead atoms. The van der Waals surface area contributed by atoms with Crippen LogP contribution in [0.3, 0.4) is 0 Å². The average Bonchev–Trinajstić information content (AvgIpc) is 3.21. The molecule has 0 saturated heterocycles. The Morgan fingerprint density at radius 1 is 1.07 bits per heavy atom. The van der Waals surface area contributed by atoms with Gasteiger partial charge < -0.3 is 0 Å². The number of anilines is 1. The Bertz CT molecular complexity index is 1450. The van der Waals surface area contributed by atoms with E-state index in [1.807, 2.05) is 30.3 Å². The van der Waals surface area contributed by atoms with E-state index in [-0.39, 0.29) is 12.1 Å². The van der Waals surface area contributed by atoms with Crippen LogP contribution in [0.1, 0.15) is 5.82 Å². The topological polar surface area (TPSA) is 101 Å². The van der Waals surface area contributed by atoms with Crippen LogP contribution in [0.2, 0.25) is 5.02 Å². The van der Waals surface area contributed by atoms with Gasteiger partial charge in [0.05, 0.1) is 0 Å². The molecule has 0 spiro atoms. The number of H-pyrrole nitrogens is 1. The van der Waals surface area contributed by atoms with Crippen LogP contribution in [0.15, 0.2) is 59.7 Å². The van der Waals surface area contributed by atoms with Gasteiger partial charge in [-0.25, -0.2) is 0 Å². The molecule has 10 heteroatoms. The van der Waals surface area contributed by atoms with E-state index >= 15 is 0 Å². The third-order valence-electron chi connectivity index (χ3n) is 4.64. The molecule has 0 radical (unpaired) electrons. The number of nitrogens with one attached hydrogen (secondary N) is 2. The molecule has 3 heterocycles. The molecule has 2 N–H and O–H groups in total. The van der Waals surface area contributed by atoms with Crippen LogP contribution >= 0.6 is 11.6 Å². The molecule has 2 aromatic carbocycles. The van der Waals surface area contributed by atoms with E-state index in [1.165, 1.54) is 16.9 Å². The molecule has 5 aromatic rings. The summed E-state index contributed by atoms with van der Waals surface area (Å²) >= 11 is 7.63. The minimum atomic E-state index is -0.222. The van der Waals surface area contributed by atoms with Crippen molar-refractivity contribution in [2.24, 2.45) is 0 Å². The monoisotopic (exact) mass is 479 g/mol. The van der Waals surface area contributed by atoms with Crippen LogP contribution in [0, 0.1) is 0 Å². The first-order valence-electron chi connectivity index (χ1n) is 9.08. The summed E-state index contributed by atoms with van der Waals surface area (Å²) in [5, 5.41) is 4.04. The summed E-state index contributed by atoms with van der Waals surface area (Å²) in [7, 11) is 0. The SMILES string of the molecule is O=c1c2c(Cl)cccc2nc(CNc2nc([AsH2])nc3[nH]cnc23)n1-c1ccccc1. The van der Waals surface area contributed by atoms with Gasteiger partial charge in [-0.05, 0) is 0 Å². The maximum atomic E-state index is 13.4. The molecule has 8 nitrogen and oxygen atoms in total. The average molecular weight is 480 g/mol. The number of benzene rings is 2. The number of hydrogen-bond acceptors (Lipinski definition) is 6. The fourth-order valence-electron chi connectivity index (χ4n) is 3.34. The summed E-state index contributed by atoms with van der Waals surface area (Å²) in [5.74, 6) is 1.12. The van der Waals surface area contributed by atoms with Gasteiger partial charge in [0.25, 0.3) is 0 Å². The summed E-state index contributed by atoms with van der Waals surface area (Å²) in [6.45, 7) is 0.262. The quantitative estimate of drug-likeness (QED) is 0.380. The molecule has 0 amide bonds. The Labute approximate surface area is 183 Å². The van der Waals surface area contributed by atoms with Crippen LogP contribution in [0.25, 0.3) is 27.8 Å².